The first-order chi connectivity index (χ1) is 19.2. The molecule has 0 unspecified atom stereocenters. The van der Waals surface area contributed by atoms with Crippen molar-refractivity contribution in [1.82, 2.24) is 0 Å². The smallest absolute Gasteiger partial charge is 0.338 e. The Labute approximate surface area is 239 Å². The van der Waals surface area contributed by atoms with Crippen molar-refractivity contribution in [2.75, 3.05) is 16.8 Å². The van der Waals surface area contributed by atoms with Gasteiger partial charge < -0.3 is 10.1 Å². The third-order valence-electron chi connectivity index (χ3n) is 7.05. The first kappa shape index (κ1) is 27.2. The van der Waals surface area contributed by atoms with Gasteiger partial charge in [0, 0.05) is 21.3 Å². The number of ether oxygens (including phenoxy) is 1. The summed E-state index contributed by atoms with van der Waals surface area (Å²) < 4.78 is 6.00. The molecule has 202 valence electrons. The number of hydrogen-bond donors (Lipinski definition) is 1. The van der Waals surface area contributed by atoms with Crippen molar-refractivity contribution < 1.29 is 28.7 Å². The van der Waals surface area contributed by atoms with Gasteiger partial charge in [0.25, 0.3) is 5.91 Å². The molecular formula is C31H25BrN2O6. The van der Waals surface area contributed by atoms with Crippen LogP contribution < -0.4 is 10.2 Å². The molecule has 1 saturated heterocycles. The average molecular weight is 601 g/mol. The number of fused-ring (bicyclic) bond motifs is 1. The summed E-state index contributed by atoms with van der Waals surface area (Å²) in [4.78, 5) is 65.2. The van der Waals surface area contributed by atoms with Crippen molar-refractivity contribution in [2.24, 2.45) is 11.8 Å². The number of benzene rings is 3. The fourth-order valence-corrected chi connectivity index (χ4v) is 5.20. The van der Waals surface area contributed by atoms with Gasteiger partial charge in [-0.3, -0.25) is 24.1 Å². The minimum absolute atomic E-state index is 0.162. The van der Waals surface area contributed by atoms with Crippen LogP contribution in [-0.4, -0.2) is 36.1 Å². The Morgan fingerprint density at radius 2 is 1.60 bits per heavy atom. The fourth-order valence-electron chi connectivity index (χ4n) is 4.94. The van der Waals surface area contributed by atoms with Crippen LogP contribution in [0.5, 0.6) is 0 Å². The minimum Gasteiger partial charge on any atom is -0.454 e. The second kappa shape index (κ2) is 11.4. The lowest BCUT2D eigenvalue weighted by Crippen LogP contribution is -2.31. The lowest BCUT2D eigenvalue weighted by Gasteiger charge is -2.18. The number of ketones is 1. The van der Waals surface area contributed by atoms with Crippen LogP contribution in [0.15, 0.2) is 88.9 Å². The highest BCUT2D eigenvalue weighted by Crippen LogP contribution is 2.39. The number of anilines is 2. The molecule has 3 aromatic rings. The molecule has 0 bridgehead atoms. The van der Waals surface area contributed by atoms with Crippen molar-refractivity contribution in [3.63, 3.8) is 0 Å². The van der Waals surface area contributed by atoms with E-state index in [-0.39, 0.29) is 40.6 Å². The number of amides is 3. The summed E-state index contributed by atoms with van der Waals surface area (Å²) in [5.74, 6) is -2.77. The number of Topliss-reactive ketones (excluding diaryl/α,β-unsaturated/α-hetero) is 1. The van der Waals surface area contributed by atoms with Gasteiger partial charge >= 0.3 is 5.97 Å². The van der Waals surface area contributed by atoms with Gasteiger partial charge in [-0.05, 0) is 68.3 Å². The van der Waals surface area contributed by atoms with Crippen molar-refractivity contribution in [3.8, 4) is 0 Å². The standard InChI is InChI=1S/C31H25BrN2O6/c1-18-8-13-25-26(14-18)30(38)34(29(25)37)24-7-3-4-20(16-24)28(36)33-23-6-2-5-21(15-23)31(39)40-17-27(35)19-9-11-22(32)12-10-19/h2-12,15-16,25-26H,13-14,17H2,1H3,(H,33,36)/t25-,26-/m0/s1. The Bertz CT molecular complexity index is 1560. The largest absolute Gasteiger partial charge is 0.454 e. The van der Waals surface area contributed by atoms with Gasteiger partial charge in [-0.25, -0.2) is 4.79 Å². The number of nitrogens with zero attached hydrogens (tertiary/aromatic N) is 1. The molecule has 1 heterocycles. The number of esters is 1. The molecular weight excluding hydrogens is 576 g/mol. The molecule has 0 aromatic heterocycles. The molecule has 5 rings (SSSR count). The zero-order valence-corrected chi connectivity index (χ0v) is 23.1. The van der Waals surface area contributed by atoms with Crippen molar-refractivity contribution in [1.29, 1.82) is 0 Å². The van der Waals surface area contributed by atoms with Crippen LogP contribution in [0.3, 0.4) is 0 Å². The number of carbonyl (C=O) groups is 5. The maximum atomic E-state index is 13.1. The van der Waals surface area contributed by atoms with E-state index in [2.05, 4.69) is 21.2 Å². The zero-order valence-electron chi connectivity index (χ0n) is 21.6. The average Bonchev–Trinajstić information content (AvgIpc) is 3.20. The predicted molar refractivity (Wildman–Crippen MR) is 152 cm³/mol. The Morgan fingerprint density at radius 1 is 0.900 bits per heavy atom. The van der Waals surface area contributed by atoms with Gasteiger partial charge in [-0.2, -0.15) is 0 Å². The third kappa shape index (κ3) is 5.65. The first-order valence-electron chi connectivity index (χ1n) is 12.7. The SMILES string of the molecule is CC1=CC[C@@H]2C(=O)N(c3cccc(C(=O)Nc4cccc(C(=O)OCC(=O)c5ccc(Br)cc5)c4)c3)C(=O)[C@H]2C1. The molecule has 0 radical (unpaired) electrons. The summed E-state index contributed by atoms with van der Waals surface area (Å²) in [5, 5.41) is 2.73. The van der Waals surface area contributed by atoms with E-state index >= 15 is 0 Å². The quantitative estimate of drug-likeness (QED) is 0.164. The Balaban J connectivity index is 1.24. The highest BCUT2D eigenvalue weighted by atomic mass is 79.9. The number of imide groups is 1. The van der Waals surface area contributed by atoms with E-state index in [0.717, 1.165) is 10.0 Å². The summed E-state index contributed by atoms with van der Waals surface area (Å²) in [5.41, 5.74) is 2.61. The zero-order chi connectivity index (χ0) is 28.4. The third-order valence-corrected chi connectivity index (χ3v) is 7.57. The number of nitrogens with one attached hydrogen (secondary N) is 1. The molecule has 0 saturated carbocycles. The number of allylic oxidation sites excluding steroid dienone is 2. The lowest BCUT2D eigenvalue weighted by atomic mass is 9.82. The van der Waals surface area contributed by atoms with E-state index in [1.807, 2.05) is 13.0 Å². The summed E-state index contributed by atoms with van der Waals surface area (Å²) >= 11 is 3.31. The number of hydrogen-bond acceptors (Lipinski definition) is 6. The van der Waals surface area contributed by atoms with E-state index in [9.17, 15) is 24.0 Å². The first-order valence-corrected chi connectivity index (χ1v) is 13.5. The summed E-state index contributed by atoms with van der Waals surface area (Å²) in [7, 11) is 0. The van der Waals surface area contributed by atoms with E-state index in [1.165, 1.54) is 23.1 Å². The van der Waals surface area contributed by atoms with Crippen molar-refractivity contribution in [3.05, 3.63) is 106 Å². The number of halogens is 1. The minimum atomic E-state index is -0.708. The Morgan fingerprint density at radius 3 is 2.38 bits per heavy atom. The maximum Gasteiger partial charge on any atom is 0.338 e. The molecule has 40 heavy (non-hydrogen) atoms. The topological polar surface area (TPSA) is 110 Å². The molecule has 0 spiro atoms. The van der Waals surface area contributed by atoms with E-state index in [1.54, 1.807) is 54.6 Å². The summed E-state index contributed by atoms with van der Waals surface area (Å²) in [6.45, 7) is 1.54. The number of rotatable bonds is 7. The summed E-state index contributed by atoms with van der Waals surface area (Å²) in [6, 6.07) is 19.2. The molecule has 2 atom stereocenters. The van der Waals surface area contributed by atoms with Gasteiger partial charge in [0.15, 0.2) is 12.4 Å². The van der Waals surface area contributed by atoms with E-state index in [0.29, 0.717) is 29.8 Å². The Hall–Kier alpha value is -4.37. The fraction of sp³-hybridized carbons (Fsp3) is 0.194. The van der Waals surface area contributed by atoms with Crippen LogP contribution in [0.2, 0.25) is 0 Å². The molecule has 1 N–H and O–H groups in total. The molecule has 3 aromatic carbocycles. The second-order valence-electron chi connectivity index (χ2n) is 9.81. The molecule has 2 aliphatic rings. The molecule has 1 fully saturated rings. The lowest BCUT2D eigenvalue weighted by molar-refractivity contribution is -0.122. The maximum absolute atomic E-state index is 13.1. The van der Waals surface area contributed by atoms with Gasteiger partial charge in [-0.15, -0.1) is 0 Å². The molecule has 9 heteroatoms. The van der Waals surface area contributed by atoms with Gasteiger partial charge in [0.05, 0.1) is 23.1 Å². The van der Waals surface area contributed by atoms with Crippen LogP contribution in [0, 0.1) is 11.8 Å². The summed E-state index contributed by atoms with van der Waals surface area (Å²) in [6.07, 6.45) is 3.10. The van der Waals surface area contributed by atoms with E-state index in [4.69, 9.17) is 4.74 Å². The van der Waals surface area contributed by atoms with Crippen LogP contribution in [0.4, 0.5) is 11.4 Å². The molecule has 8 nitrogen and oxygen atoms in total. The van der Waals surface area contributed by atoms with Gasteiger partial charge in [0.2, 0.25) is 11.8 Å². The molecule has 3 amide bonds. The van der Waals surface area contributed by atoms with Crippen LogP contribution in [0.25, 0.3) is 0 Å². The van der Waals surface area contributed by atoms with Crippen LogP contribution >= 0.6 is 15.9 Å². The van der Waals surface area contributed by atoms with Crippen molar-refractivity contribution in [2.45, 2.75) is 19.8 Å². The molecule has 1 aliphatic heterocycles. The van der Waals surface area contributed by atoms with Crippen LogP contribution in [0.1, 0.15) is 50.8 Å². The Kier molecular flexibility index (Phi) is 7.75. The second-order valence-corrected chi connectivity index (χ2v) is 10.7. The van der Waals surface area contributed by atoms with Gasteiger partial charge in [-0.1, -0.05) is 51.8 Å². The highest BCUT2D eigenvalue weighted by molar-refractivity contribution is 9.10. The van der Waals surface area contributed by atoms with Crippen LogP contribution in [-0.2, 0) is 14.3 Å². The number of carbonyl (C=O) groups excluding carboxylic acids is 5. The normalized spacial score (nSPS) is 18.1. The van der Waals surface area contributed by atoms with Gasteiger partial charge in [0.1, 0.15) is 0 Å². The predicted octanol–water partition coefficient (Wildman–Crippen LogP) is 5.59. The van der Waals surface area contributed by atoms with E-state index < -0.39 is 18.5 Å². The highest BCUT2D eigenvalue weighted by Gasteiger charge is 2.48. The molecule has 1 aliphatic carbocycles. The monoisotopic (exact) mass is 600 g/mol. The van der Waals surface area contributed by atoms with Crippen molar-refractivity contribution >= 4 is 56.8 Å².